The SMILES string of the molecule is CCCCCCCCCCCCCCOCc1ccc2cc3c(COCCCCCCCCCCC)cccc3cc2c1. The van der Waals surface area contributed by atoms with Gasteiger partial charge in [-0.3, -0.25) is 0 Å². The van der Waals surface area contributed by atoms with E-state index < -0.39 is 0 Å². The third kappa shape index (κ3) is 15.1. The molecule has 0 radical (unpaired) electrons. The summed E-state index contributed by atoms with van der Waals surface area (Å²) in [6.45, 7) is 7.72. The van der Waals surface area contributed by atoms with Crippen LogP contribution in [0.4, 0.5) is 0 Å². The van der Waals surface area contributed by atoms with Crippen molar-refractivity contribution in [3.63, 3.8) is 0 Å². The van der Waals surface area contributed by atoms with E-state index in [1.165, 1.54) is 168 Å². The summed E-state index contributed by atoms with van der Waals surface area (Å²) in [7, 11) is 0. The van der Waals surface area contributed by atoms with Crippen LogP contribution in [0.1, 0.15) is 160 Å². The van der Waals surface area contributed by atoms with Gasteiger partial charge in [0.15, 0.2) is 0 Å². The summed E-state index contributed by atoms with van der Waals surface area (Å²) in [6.07, 6.45) is 28.7. The number of benzene rings is 3. The van der Waals surface area contributed by atoms with Crippen molar-refractivity contribution in [3.8, 4) is 0 Å². The van der Waals surface area contributed by atoms with Crippen LogP contribution < -0.4 is 0 Å². The first-order valence-corrected chi connectivity index (χ1v) is 18.4. The van der Waals surface area contributed by atoms with E-state index >= 15 is 0 Å². The third-order valence-corrected chi connectivity index (χ3v) is 9.05. The Balaban J connectivity index is 1.30. The highest BCUT2D eigenvalue weighted by Crippen LogP contribution is 2.27. The van der Waals surface area contributed by atoms with E-state index in [1.807, 2.05) is 0 Å². The molecule has 3 aromatic carbocycles. The first-order valence-electron chi connectivity index (χ1n) is 18.4. The quantitative estimate of drug-likeness (QED) is 0.0651. The summed E-state index contributed by atoms with van der Waals surface area (Å²) in [5.41, 5.74) is 2.57. The van der Waals surface area contributed by atoms with Crippen LogP contribution in [0.5, 0.6) is 0 Å². The lowest BCUT2D eigenvalue weighted by Gasteiger charge is -2.11. The molecule has 0 amide bonds. The van der Waals surface area contributed by atoms with Gasteiger partial charge in [0.1, 0.15) is 0 Å². The molecule has 43 heavy (non-hydrogen) atoms. The maximum Gasteiger partial charge on any atom is 0.0722 e. The van der Waals surface area contributed by atoms with Gasteiger partial charge in [-0.05, 0) is 63.7 Å². The van der Waals surface area contributed by atoms with Gasteiger partial charge in [0.05, 0.1) is 13.2 Å². The van der Waals surface area contributed by atoms with Crippen molar-refractivity contribution in [2.45, 2.75) is 162 Å². The first kappa shape index (κ1) is 35.6. The van der Waals surface area contributed by atoms with Gasteiger partial charge in [0.2, 0.25) is 0 Å². The molecule has 0 unspecified atom stereocenters. The predicted molar refractivity (Wildman–Crippen MR) is 189 cm³/mol. The van der Waals surface area contributed by atoms with Gasteiger partial charge in [-0.2, -0.15) is 0 Å². The van der Waals surface area contributed by atoms with Crippen LogP contribution in [0, 0.1) is 0 Å². The second-order valence-corrected chi connectivity index (χ2v) is 13.0. The second kappa shape index (κ2) is 23.5. The largest absolute Gasteiger partial charge is 0.377 e. The fraction of sp³-hybridized carbons (Fsp3) is 0.659. The highest BCUT2D eigenvalue weighted by molar-refractivity contribution is 5.99. The lowest BCUT2D eigenvalue weighted by molar-refractivity contribution is 0.117. The van der Waals surface area contributed by atoms with E-state index in [0.717, 1.165) is 13.2 Å². The molecule has 0 N–H and O–H groups in total. The lowest BCUT2D eigenvalue weighted by Crippen LogP contribution is -1.97. The Bertz CT molecular complexity index is 1100. The minimum Gasteiger partial charge on any atom is -0.377 e. The lowest BCUT2D eigenvalue weighted by atomic mass is 9.99. The molecule has 0 bridgehead atoms. The van der Waals surface area contributed by atoms with Crippen LogP contribution in [0.15, 0.2) is 48.5 Å². The zero-order valence-corrected chi connectivity index (χ0v) is 28.1. The summed E-state index contributed by atoms with van der Waals surface area (Å²) >= 11 is 0. The predicted octanol–water partition coefficient (Wildman–Crippen LogP) is 13.3. The highest BCUT2D eigenvalue weighted by atomic mass is 16.5. The van der Waals surface area contributed by atoms with Gasteiger partial charge >= 0.3 is 0 Å². The van der Waals surface area contributed by atoms with E-state index in [0.29, 0.717) is 13.2 Å². The normalized spacial score (nSPS) is 11.7. The van der Waals surface area contributed by atoms with Crippen molar-refractivity contribution in [3.05, 3.63) is 59.7 Å². The van der Waals surface area contributed by atoms with Crippen molar-refractivity contribution >= 4 is 21.5 Å². The molecular weight excluding hydrogens is 524 g/mol. The molecule has 0 atom stereocenters. The average Bonchev–Trinajstić information content (AvgIpc) is 3.03. The monoisotopic (exact) mass is 588 g/mol. The molecule has 3 aromatic rings. The highest BCUT2D eigenvalue weighted by Gasteiger charge is 2.05. The molecule has 3 rings (SSSR count). The molecule has 0 spiro atoms. The van der Waals surface area contributed by atoms with Gasteiger partial charge in [0, 0.05) is 13.2 Å². The zero-order chi connectivity index (χ0) is 30.2. The molecule has 2 nitrogen and oxygen atoms in total. The van der Waals surface area contributed by atoms with Crippen molar-refractivity contribution in [2.75, 3.05) is 13.2 Å². The maximum absolute atomic E-state index is 6.12. The molecule has 0 saturated heterocycles. The number of fused-ring (bicyclic) bond motifs is 2. The Morgan fingerprint density at radius 2 is 0.930 bits per heavy atom. The van der Waals surface area contributed by atoms with Crippen molar-refractivity contribution in [2.24, 2.45) is 0 Å². The molecule has 0 aliphatic rings. The van der Waals surface area contributed by atoms with Gasteiger partial charge in [0.25, 0.3) is 0 Å². The van der Waals surface area contributed by atoms with Crippen molar-refractivity contribution in [1.82, 2.24) is 0 Å². The number of rotatable bonds is 27. The van der Waals surface area contributed by atoms with Gasteiger partial charge < -0.3 is 9.47 Å². The molecule has 0 aliphatic carbocycles. The number of unbranched alkanes of at least 4 members (excludes halogenated alkanes) is 19. The van der Waals surface area contributed by atoms with E-state index in [1.54, 1.807) is 0 Å². The van der Waals surface area contributed by atoms with E-state index in [-0.39, 0.29) is 0 Å². The Labute approximate surface area is 265 Å². The Morgan fingerprint density at radius 3 is 1.49 bits per heavy atom. The Hall–Kier alpha value is -1.90. The van der Waals surface area contributed by atoms with Gasteiger partial charge in [-0.15, -0.1) is 0 Å². The minimum absolute atomic E-state index is 0.699. The van der Waals surface area contributed by atoms with E-state index in [2.05, 4.69) is 62.4 Å². The van der Waals surface area contributed by atoms with Crippen LogP contribution in [0.3, 0.4) is 0 Å². The van der Waals surface area contributed by atoms with Gasteiger partial charge in [-0.25, -0.2) is 0 Å². The molecule has 0 heterocycles. The van der Waals surface area contributed by atoms with Crippen molar-refractivity contribution < 1.29 is 9.47 Å². The van der Waals surface area contributed by atoms with E-state index in [9.17, 15) is 0 Å². The first-order chi connectivity index (χ1) is 21.3. The maximum atomic E-state index is 6.12. The zero-order valence-electron chi connectivity index (χ0n) is 28.1. The third-order valence-electron chi connectivity index (χ3n) is 9.05. The number of hydrogen-bond acceptors (Lipinski definition) is 2. The van der Waals surface area contributed by atoms with Crippen LogP contribution in [-0.4, -0.2) is 13.2 Å². The van der Waals surface area contributed by atoms with Crippen LogP contribution >= 0.6 is 0 Å². The molecule has 0 fully saturated rings. The number of ether oxygens (including phenoxy) is 2. The summed E-state index contributed by atoms with van der Waals surface area (Å²) in [5, 5.41) is 5.21. The van der Waals surface area contributed by atoms with Crippen LogP contribution in [0.2, 0.25) is 0 Å². The smallest absolute Gasteiger partial charge is 0.0722 e. The molecule has 0 saturated carbocycles. The summed E-state index contributed by atoms with van der Waals surface area (Å²) < 4.78 is 12.2. The molecule has 0 aromatic heterocycles. The molecule has 0 aliphatic heterocycles. The summed E-state index contributed by atoms with van der Waals surface area (Å²) in [6, 6.07) is 18.1. The molecule has 240 valence electrons. The Kier molecular flexibility index (Phi) is 19.4. The molecular formula is C41H64O2. The van der Waals surface area contributed by atoms with Crippen LogP contribution in [0.25, 0.3) is 21.5 Å². The number of hydrogen-bond donors (Lipinski definition) is 0. The Morgan fingerprint density at radius 1 is 0.419 bits per heavy atom. The summed E-state index contributed by atoms with van der Waals surface area (Å²) in [5.74, 6) is 0. The minimum atomic E-state index is 0.699. The topological polar surface area (TPSA) is 18.5 Å². The fourth-order valence-electron chi connectivity index (χ4n) is 6.29. The summed E-state index contributed by atoms with van der Waals surface area (Å²) in [4.78, 5) is 0. The molecule has 2 heteroatoms. The van der Waals surface area contributed by atoms with Crippen molar-refractivity contribution in [1.29, 1.82) is 0 Å². The average molecular weight is 589 g/mol. The van der Waals surface area contributed by atoms with E-state index in [4.69, 9.17) is 9.47 Å². The fourth-order valence-corrected chi connectivity index (χ4v) is 6.29. The van der Waals surface area contributed by atoms with Crippen LogP contribution in [-0.2, 0) is 22.7 Å². The van der Waals surface area contributed by atoms with Gasteiger partial charge in [-0.1, -0.05) is 166 Å². The standard InChI is InChI=1S/C41H64O2/c1-3-5-7-9-11-13-14-15-17-19-20-22-29-42-34-36-27-28-37-33-41-38(32-40(37)31-36)25-24-26-39(41)35-43-30-23-21-18-16-12-10-8-6-4-2/h24-28,31-33H,3-23,29-30,34-35H2,1-2H3. The second-order valence-electron chi connectivity index (χ2n) is 13.0.